The topological polar surface area (TPSA) is 52.0 Å². The summed E-state index contributed by atoms with van der Waals surface area (Å²) in [5.41, 5.74) is 9.21. The third kappa shape index (κ3) is 4.07. The molecule has 2 aromatic rings. The minimum Gasteiger partial charge on any atom is -0.441 e. The minimum atomic E-state index is 0.279. The van der Waals surface area contributed by atoms with E-state index >= 15 is 0 Å². The lowest BCUT2D eigenvalue weighted by Crippen LogP contribution is -2.24. The number of hydrogen-bond acceptors (Lipinski definition) is 3. The van der Waals surface area contributed by atoms with Crippen LogP contribution in [0.5, 0.6) is 0 Å². The maximum Gasteiger partial charge on any atom is 0.195 e. The lowest BCUT2D eigenvalue weighted by molar-refractivity contribution is 0.211. The highest BCUT2D eigenvalue weighted by atomic mass is 16.3. The fraction of sp³-hybridized carbons (Fsp3) is 0.611. The highest BCUT2D eigenvalue weighted by Gasteiger charge is 2.24. The molecule has 0 aliphatic rings. The second kappa shape index (κ2) is 6.61. The molecule has 1 atom stereocenters. The van der Waals surface area contributed by atoms with Crippen molar-refractivity contribution >= 4 is 11.1 Å². The molecule has 0 amide bonds. The number of nitrogens with zero attached hydrogens (tertiary/aromatic N) is 1. The van der Waals surface area contributed by atoms with E-state index in [-0.39, 0.29) is 5.41 Å². The molecule has 0 bridgehead atoms. The fourth-order valence-electron chi connectivity index (χ4n) is 2.86. The zero-order valence-electron chi connectivity index (χ0n) is 13.8. The molecule has 3 nitrogen and oxygen atoms in total. The van der Waals surface area contributed by atoms with Crippen LogP contribution in [-0.4, -0.2) is 11.5 Å². The monoisotopic (exact) mass is 288 g/mol. The molecule has 21 heavy (non-hydrogen) atoms. The number of hydrogen-bond donors (Lipinski definition) is 1. The normalized spacial score (nSPS) is 13.8. The van der Waals surface area contributed by atoms with Gasteiger partial charge in [0.15, 0.2) is 11.5 Å². The predicted octanol–water partition coefficient (Wildman–Crippen LogP) is 4.33. The third-order valence-electron chi connectivity index (χ3n) is 4.35. The van der Waals surface area contributed by atoms with Crippen LogP contribution in [0.1, 0.15) is 52.0 Å². The quantitative estimate of drug-likeness (QED) is 0.860. The molecule has 1 heterocycles. The zero-order valence-corrected chi connectivity index (χ0v) is 13.8. The molecule has 116 valence electrons. The highest BCUT2D eigenvalue weighted by Crippen LogP contribution is 2.32. The number of fused-ring (bicyclic) bond motifs is 1. The van der Waals surface area contributed by atoms with Gasteiger partial charge in [0.1, 0.15) is 5.52 Å². The molecule has 1 aromatic carbocycles. The second-order valence-corrected chi connectivity index (χ2v) is 6.94. The van der Waals surface area contributed by atoms with Crippen LogP contribution < -0.4 is 5.73 Å². The predicted molar refractivity (Wildman–Crippen MR) is 88.3 cm³/mol. The van der Waals surface area contributed by atoms with Crippen molar-refractivity contribution in [1.82, 2.24) is 4.98 Å². The van der Waals surface area contributed by atoms with Crippen molar-refractivity contribution in [1.29, 1.82) is 0 Å². The van der Waals surface area contributed by atoms with Crippen molar-refractivity contribution in [2.75, 3.05) is 6.54 Å². The molecule has 0 saturated carbocycles. The smallest absolute Gasteiger partial charge is 0.195 e. The van der Waals surface area contributed by atoms with E-state index in [4.69, 9.17) is 10.2 Å². The van der Waals surface area contributed by atoms with E-state index in [2.05, 4.69) is 44.8 Å². The highest BCUT2D eigenvalue weighted by molar-refractivity contribution is 5.73. The number of oxazole rings is 1. The summed E-state index contributed by atoms with van der Waals surface area (Å²) in [4.78, 5) is 4.64. The standard InChI is InChI=1S/C18H28N2O/c1-5-13-6-8-16-15(12-13)20-17(21-16)9-7-14(10-11-19)18(2,3)4/h6,8,12,14H,5,7,9-11,19H2,1-4H3. The van der Waals surface area contributed by atoms with E-state index in [9.17, 15) is 0 Å². The van der Waals surface area contributed by atoms with Gasteiger partial charge in [-0.15, -0.1) is 0 Å². The van der Waals surface area contributed by atoms with Gasteiger partial charge < -0.3 is 10.2 Å². The molecule has 0 aliphatic heterocycles. The summed E-state index contributed by atoms with van der Waals surface area (Å²) < 4.78 is 5.87. The Labute approximate surface area is 127 Å². The fourth-order valence-corrected chi connectivity index (χ4v) is 2.86. The van der Waals surface area contributed by atoms with Crippen molar-refractivity contribution < 1.29 is 4.42 Å². The van der Waals surface area contributed by atoms with Gasteiger partial charge in [-0.1, -0.05) is 33.8 Å². The first-order chi connectivity index (χ1) is 9.94. The Hall–Kier alpha value is -1.35. The molecule has 0 radical (unpaired) electrons. The first-order valence-electron chi connectivity index (χ1n) is 8.02. The molecule has 2 rings (SSSR count). The van der Waals surface area contributed by atoms with Gasteiger partial charge in [-0.05, 0) is 54.8 Å². The Morgan fingerprint density at radius 2 is 2.00 bits per heavy atom. The van der Waals surface area contributed by atoms with E-state index in [0.717, 1.165) is 49.2 Å². The average Bonchev–Trinajstić information content (AvgIpc) is 2.83. The van der Waals surface area contributed by atoms with E-state index in [0.29, 0.717) is 5.92 Å². The van der Waals surface area contributed by atoms with Crippen LogP contribution in [0.25, 0.3) is 11.1 Å². The molecule has 1 unspecified atom stereocenters. The summed E-state index contributed by atoms with van der Waals surface area (Å²) in [6, 6.07) is 6.28. The molecule has 1 aromatic heterocycles. The second-order valence-electron chi connectivity index (χ2n) is 6.94. The van der Waals surface area contributed by atoms with Crippen LogP contribution in [0.2, 0.25) is 0 Å². The van der Waals surface area contributed by atoms with Crippen molar-refractivity contribution in [3.63, 3.8) is 0 Å². The molecule has 0 saturated heterocycles. The van der Waals surface area contributed by atoms with Gasteiger partial charge in [-0.2, -0.15) is 0 Å². The Bertz CT molecular complexity index is 580. The zero-order chi connectivity index (χ0) is 15.5. The SMILES string of the molecule is CCc1ccc2oc(CCC(CCN)C(C)(C)C)nc2c1. The number of rotatable bonds is 6. The first-order valence-corrected chi connectivity index (χ1v) is 8.02. The van der Waals surface area contributed by atoms with Crippen molar-refractivity contribution in [3.05, 3.63) is 29.7 Å². The first kappa shape index (κ1) is 16.0. The van der Waals surface area contributed by atoms with Crippen LogP contribution in [0.3, 0.4) is 0 Å². The lowest BCUT2D eigenvalue weighted by atomic mass is 9.76. The van der Waals surface area contributed by atoms with E-state index < -0.39 is 0 Å². The Morgan fingerprint density at radius 1 is 1.24 bits per heavy atom. The summed E-state index contributed by atoms with van der Waals surface area (Å²) in [5.74, 6) is 1.45. The summed E-state index contributed by atoms with van der Waals surface area (Å²) in [6.07, 6.45) is 4.05. The van der Waals surface area contributed by atoms with Crippen molar-refractivity contribution in [3.8, 4) is 0 Å². The molecule has 0 spiro atoms. The molecule has 3 heteroatoms. The lowest BCUT2D eigenvalue weighted by Gasteiger charge is -2.30. The van der Waals surface area contributed by atoms with Crippen LogP contribution >= 0.6 is 0 Å². The van der Waals surface area contributed by atoms with Gasteiger partial charge in [0, 0.05) is 6.42 Å². The van der Waals surface area contributed by atoms with Crippen molar-refractivity contribution in [2.45, 2.75) is 53.4 Å². The summed E-state index contributed by atoms with van der Waals surface area (Å²) in [7, 11) is 0. The number of aryl methyl sites for hydroxylation is 2. The third-order valence-corrected chi connectivity index (χ3v) is 4.35. The Balaban J connectivity index is 2.08. The van der Waals surface area contributed by atoms with E-state index in [1.165, 1.54) is 5.56 Å². The van der Waals surface area contributed by atoms with E-state index in [1.807, 2.05) is 6.07 Å². The van der Waals surface area contributed by atoms with Crippen LogP contribution in [-0.2, 0) is 12.8 Å². The van der Waals surface area contributed by atoms with Gasteiger partial charge >= 0.3 is 0 Å². The maximum atomic E-state index is 5.87. The van der Waals surface area contributed by atoms with Crippen LogP contribution in [0, 0.1) is 11.3 Å². The van der Waals surface area contributed by atoms with Crippen LogP contribution in [0.15, 0.2) is 22.6 Å². The molecule has 2 N–H and O–H groups in total. The maximum absolute atomic E-state index is 5.87. The molecular formula is C18H28N2O. The van der Waals surface area contributed by atoms with Crippen molar-refractivity contribution in [2.24, 2.45) is 17.1 Å². The molecule has 0 aliphatic carbocycles. The van der Waals surface area contributed by atoms with Gasteiger partial charge in [0.05, 0.1) is 0 Å². The van der Waals surface area contributed by atoms with Gasteiger partial charge in [0.2, 0.25) is 0 Å². The van der Waals surface area contributed by atoms with Gasteiger partial charge in [-0.3, -0.25) is 0 Å². The number of aromatic nitrogens is 1. The summed E-state index contributed by atoms with van der Waals surface area (Å²) in [6.45, 7) is 9.75. The average molecular weight is 288 g/mol. The molecule has 0 fully saturated rings. The van der Waals surface area contributed by atoms with E-state index in [1.54, 1.807) is 0 Å². The summed E-state index contributed by atoms with van der Waals surface area (Å²) in [5, 5.41) is 0. The summed E-state index contributed by atoms with van der Waals surface area (Å²) >= 11 is 0. The number of nitrogens with two attached hydrogens (primary N) is 1. The van der Waals surface area contributed by atoms with Gasteiger partial charge in [0.25, 0.3) is 0 Å². The van der Waals surface area contributed by atoms with Crippen LogP contribution in [0.4, 0.5) is 0 Å². The van der Waals surface area contributed by atoms with Gasteiger partial charge in [-0.25, -0.2) is 4.98 Å². The Morgan fingerprint density at radius 3 is 2.62 bits per heavy atom. The molecular weight excluding hydrogens is 260 g/mol. The minimum absolute atomic E-state index is 0.279. The Kier molecular flexibility index (Phi) is 5.04. The largest absolute Gasteiger partial charge is 0.441 e. The number of benzene rings is 1.